The van der Waals surface area contributed by atoms with E-state index in [9.17, 15) is 37.5 Å². The molecule has 3 heterocycles. The molecule has 1 amide bonds. The summed E-state index contributed by atoms with van der Waals surface area (Å²) in [7, 11) is 0. The molecule has 2 aromatic rings. The third-order valence-electron chi connectivity index (χ3n) is 10.5. The Morgan fingerprint density at radius 2 is 1.76 bits per heavy atom. The zero-order valence-corrected chi connectivity index (χ0v) is 30.5. The number of hydrogen-bond donors (Lipinski definition) is 2. The molecular weight excluding hydrogens is 729 g/mol. The molecule has 296 valence electrons. The van der Waals surface area contributed by atoms with Gasteiger partial charge in [-0.3, -0.25) is 19.2 Å². The highest BCUT2D eigenvalue weighted by molar-refractivity contribution is 5.94. The fourth-order valence-corrected chi connectivity index (χ4v) is 8.31. The first-order valence-corrected chi connectivity index (χ1v) is 18.2. The largest absolute Gasteiger partial charge is 0.460 e. The lowest BCUT2D eigenvalue weighted by Crippen LogP contribution is -2.70. The first-order chi connectivity index (χ1) is 26.0. The average Bonchev–Trinajstić information content (AvgIpc) is 3.78. The minimum Gasteiger partial charge on any atom is -0.460 e. The van der Waals surface area contributed by atoms with Gasteiger partial charge in [0.1, 0.15) is 35.4 Å². The number of aliphatic hydroxyl groups excluding tert-OH is 1. The smallest absolute Gasteiger partial charge is 0.422 e. The van der Waals surface area contributed by atoms with E-state index in [1.165, 1.54) is 11.1 Å². The van der Waals surface area contributed by atoms with Crippen molar-refractivity contribution >= 4 is 29.9 Å². The Morgan fingerprint density at radius 3 is 2.44 bits per heavy atom. The van der Waals surface area contributed by atoms with Gasteiger partial charge in [0.05, 0.1) is 19.2 Å². The number of benzene rings is 2. The van der Waals surface area contributed by atoms with Gasteiger partial charge in [0.25, 0.3) is 0 Å². The molecule has 7 rings (SSSR count). The molecule has 13 nitrogen and oxygen atoms in total. The molecule has 1 saturated carbocycles. The number of carbonyl (C=O) groups excluding carboxylic acids is 4. The van der Waals surface area contributed by atoms with Crippen LogP contribution in [0, 0.1) is 5.41 Å². The molecule has 0 radical (unpaired) electrons. The Labute approximate surface area is 315 Å². The number of esters is 3. The predicted octanol–water partition coefficient (Wildman–Crippen LogP) is 3.48. The molecule has 1 spiro atoms. The first-order valence-electron chi connectivity index (χ1n) is 18.2. The summed E-state index contributed by atoms with van der Waals surface area (Å²) in [4.78, 5) is 59.7. The van der Waals surface area contributed by atoms with Crippen molar-refractivity contribution in [3.8, 4) is 0 Å². The summed E-state index contributed by atoms with van der Waals surface area (Å²) in [6.45, 7) is 2.95. The minimum atomic E-state index is -4.66. The van der Waals surface area contributed by atoms with Gasteiger partial charge < -0.3 is 34.1 Å². The highest BCUT2D eigenvalue weighted by Crippen LogP contribution is 2.58. The summed E-state index contributed by atoms with van der Waals surface area (Å²) in [5.41, 5.74) is 0.841. The van der Waals surface area contributed by atoms with Gasteiger partial charge in [0.15, 0.2) is 18.4 Å². The molecule has 2 bridgehead atoms. The standard InChI is InChI=1S/C39H43F3N2O11/c1-36(2,3)52-29(47)14-12-26(20-45)43-35(49)38-18-27-30-31(54-37(53-30)16-24-9-4-5-10-25(24)17-37)33(38)55-44(32(38)34(48)51-27)19-23-8-6-7-22(15-23)11-13-28(46)50-21-39(40,41)42/h4-11,13,15,26-27,30-33,45H,12,14,16-21H2,1-3H3,(H,43,49). The van der Waals surface area contributed by atoms with Crippen LogP contribution < -0.4 is 5.32 Å². The Balaban J connectivity index is 1.16. The lowest BCUT2D eigenvalue weighted by atomic mass is 9.62. The maximum atomic E-state index is 14.7. The van der Waals surface area contributed by atoms with Crippen LogP contribution in [0.2, 0.25) is 0 Å². The molecule has 3 saturated heterocycles. The van der Waals surface area contributed by atoms with Crippen molar-refractivity contribution < 1.29 is 66.0 Å². The van der Waals surface area contributed by atoms with E-state index in [1.807, 2.05) is 24.3 Å². The van der Waals surface area contributed by atoms with Crippen LogP contribution in [0.15, 0.2) is 54.6 Å². The summed E-state index contributed by atoms with van der Waals surface area (Å²) in [6.07, 6.45) is -5.09. The number of fused-ring (bicyclic) bond motifs is 5. The summed E-state index contributed by atoms with van der Waals surface area (Å²) < 4.78 is 66.5. The summed E-state index contributed by atoms with van der Waals surface area (Å²) in [5, 5.41) is 14.6. The van der Waals surface area contributed by atoms with Crippen molar-refractivity contribution in [3.63, 3.8) is 0 Å². The number of hydroxylamine groups is 2. The van der Waals surface area contributed by atoms with Crippen molar-refractivity contribution in [3.05, 3.63) is 76.9 Å². The predicted molar refractivity (Wildman–Crippen MR) is 184 cm³/mol. The Kier molecular flexibility index (Phi) is 10.3. The number of nitrogens with one attached hydrogen (secondary N) is 1. The molecule has 16 heteroatoms. The van der Waals surface area contributed by atoms with Gasteiger partial charge >= 0.3 is 24.1 Å². The second-order valence-electron chi connectivity index (χ2n) is 15.7. The van der Waals surface area contributed by atoms with E-state index in [4.69, 9.17) is 23.8 Å². The van der Waals surface area contributed by atoms with Crippen molar-refractivity contribution in [2.75, 3.05) is 13.2 Å². The number of alkyl halides is 3. The number of ether oxygens (including phenoxy) is 5. The van der Waals surface area contributed by atoms with Gasteiger partial charge in [0.2, 0.25) is 5.91 Å². The summed E-state index contributed by atoms with van der Waals surface area (Å²) >= 11 is 0. The molecule has 5 aliphatic rings. The van der Waals surface area contributed by atoms with Gasteiger partial charge in [-0.1, -0.05) is 48.5 Å². The van der Waals surface area contributed by atoms with Crippen LogP contribution in [0.3, 0.4) is 0 Å². The fraction of sp³-hybridized carbons (Fsp3) is 0.538. The molecule has 2 aromatic carbocycles. The van der Waals surface area contributed by atoms with E-state index in [1.54, 1.807) is 45.0 Å². The molecule has 7 atom stereocenters. The average molecular weight is 773 g/mol. The third kappa shape index (κ3) is 8.01. The van der Waals surface area contributed by atoms with Crippen LogP contribution in [0.4, 0.5) is 13.2 Å². The molecule has 4 fully saturated rings. The Hall–Kier alpha value is -4.35. The van der Waals surface area contributed by atoms with Crippen LogP contribution in [-0.4, -0.2) is 101 Å². The monoisotopic (exact) mass is 772 g/mol. The first kappa shape index (κ1) is 38.9. The normalized spacial score (nSPS) is 28.4. The molecule has 2 aliphatic carbocycles. The van der Waals surface area contributed by atoms with Gasteiger partial charge in [-0.15, -0.1) is 0 Å². The van der Waals surface area contributed by atoms with Gasteiger partial charge in [-0.2, -0.15) is 18.2 Å². The van der Waals surface area contributed by atoms with Crippen LogP contribution >= 0.6 is 0 Å². The van der Waals surface area contributed by atoms with Crippen LogP contribution in [0.1, 0.15) is 62.3 Å². The Morgan fingerprint density at radius 1 is 1.05 bits per heavy atom. The van der Waals surface area contributed by atoms with Crippen molar-refractivity contribution in [1.82, 2.24) is 10.4 Å². The van der Waals surface area contributed by atoms with Crippen molar-refractivity contribution in [2.45, 2.75) is 113 Å². The quantitative estimate of drug-likeness (QED) is 0.195. The number of carbonyl (C=O) groups is 4. The van der Waals surface area contributed by atoms with E-state index >= 15 is 0 Å². The van der Waals surface area contributed by atoms with Crippen LogP contribution in [-0.2, 0) is 67.1 Å². The fourth-order valence-electron chi connectivity index (χ4n) is 8.31. The van der Waals surface area contributed by atoms with Crippen molar-refractivity contribution in [2.24, 2.45) is 5.41 Å². The van der Waals surface area contributed by atoms with Crippen molar-refractivity contribution in [1.29, 1.82) is 0 Å². The van der Waals surface area contributed by atoms with Gasteiger partial charge in [-0.05, 0) is 55.5 Å². The number of aliphatic hydroxyl groups is 1. The maximum absolute atomic E-state index is 14.7. The van der Waals surface area contributed by atoms with Crippen LogP contribution in [0.25, 0.3) is 6.08 Å². The zero-order valence-electron chi connectivity index (χ0n) is 30.5. The lowest BCUT2D eigenvalue weighted by molar-refractivity contribution is -0.217. The third-order valence-corrected chi connectivity index (χ3v) is 10.5. The molecule has 0 aromatic heterocycles. The molecule has 55 heavy (non-hydrogen) atoms. The maximum Gasteiger partial charge on any atom is 0.422 e. The minimum absolute atomic E-state index is 0.0248. The number of nitrogens with zero attached hydrogens (tertiary/aromatic N) is 1. The Bertz CT molecular complexity index is 1840. The second kappa shape index (κ2) is 14.6. The number of hydrogen-bond acceptors (Lipinski definition) is 12. The SMILES string of the molecule is CC(C)(C)OC(=O)CCC(CO)NC(=O)C12CC3OC(=O)C1N(Cc1cccc(C=CC(=O)OCC(F)(F)F)c1)OC2C1OC2(Cc4ccccc4C2)OC31. The number of rotatable bonds is 11. The van der Waals surface area contributed by atoms with E-state index in [0.29, 0.717) is 24.0 Å². The molecular formula is C39H43F3N2O11. The van der Waals surface area contributed by atoms with Gasteiger partial charge in [-0.25, -0.2) is 4.79 Å². The van der Waals surface area contributed by atoms with E-state index < -0.39 is 96.5 Å². The highest BCUT2D eigenvalue weighted by atomic mass is 19.4. The zero-order chi connectivity index (χ0) is 39.3. The number of amides is 1. The second-order valence-corrected chi connectivity index (χ2v) is 15.7. The summed E-state index contributed by atoms with van der Waals surface area (Å²) in [5.74, 6) is -4.04. The van der Waals surface area contributed by atoms with Crippen LogP contribution in [0.5, 0.6) is 0 Å². The topological polar surface area (TPSA) is 159 Å². The van der Waals surface area contributed by atoms with Gasteiger partial charge in [0, 0.05) is 31.8 Å². The van der Waals surface area contributed by atoms with E-state index in [-0.39, 0.29) is 25.8 Å². The number of halogens is 3. The molecule has 3 aliphatic heterocycles. The summed E-state index contributed by atoms with van der Waals surface area (Å²) in [6, 6.07) is 12.4. The van der Waals surface area contributed by atoms with E-state index in [2.05, 4.69) is 10.1 Å². The lowest BCUT2D eigenvalue weighted by Gasteiger charge is -2.49. The van der Waals surface area contributed by atoms with E-state index in [0.717, 1.165) is 17.2 Å². The molecule has 2 N–H and O–H groups in total. The molecule has 7 unspecified atom stereocenters. The highest BCUT2D eigenvalue weighted by Gasteiger charge is 2.76.